The Morgan fingerprint density at radius 3 is 2.72 bits per heavy atom. The van der Waals surface area contributed by atoms with Crippen LogP contribution in [0, 0.1) is 0 Å². The van der Waals surface area contributed by atoms with Gasteiger partial charge in [0.1, 0.15) is 0 Å². The first-order valence-corrected chi connectivity index (χ1v) is 10.6. The molecule has 1 saturated heterocycles. The second-order valence-corrected chi connectivity index (χ2v) is 7.96. The lowest BCUT2D eigenvalue weighted by Crippen LogP contribution is -2.32. The standard InChI is InChI=1S/C21H21BrN2O4S/c1-3-28-10-9-24-20(26)18(29-21(24)23-16-7-5-4-6-8-16)12-14-11-15(22)13-17(27-2)19(14)25/h4-8,11-13,25H,3,9-10H2,1-2H3/b18-12-,23-21?. The van der Waals surface area contributed by atoms with Gasteiger partial charge in [0.15, 0.2) is 16.7 Å². The fourth-order valence-corrected chi connectivity index (χ4v) is 4.17. The van der Waals surface area contributed by atoms with E-state index in [9.17, 15) is 9.90 Å². The lowest BCUT2D eigenvalue weighted by atomic mass is 10.1. The molecule has 2 aromatic rings. The summed E-state index contributed by atoms with van der Waals surface area (Å²) < 4.78 is 11.4. The van der Waals surface area contributed by atoms with Gasteiger partial charge in [-0.25, -0.2) is 4.99 Å². The van der Waals surface area contributed by atoms with Gasteiger partial charge in [0.05, 0.1) is 30.9 Å². The number of hydrogen-bond donors (Lipinski definition) is 1. The summed E-state index contributed by atoms with van der Waals surface area (Å²) in [7, 11) is 1.48. The van der Waals surface area contributed by atoms with E-state index in [-0.39, 0.29) is 11.7 Å². The number of methoxy groups -OCH3 is 1. The Hall–Kier alpha value is -2.29. The summed E-state index contributed by atoms with van der Waals surface area (Å²) >= 11 is 4.67. The Bertz CT molecular complexity index is 947. The van der Waals surface area contributed by atoms with Crippen LogP contribution >= 0.6 is 27.7 Å². The van der Waals surface area contributed by atoms with Crippen molar-refractivity contribution in [3.63, 3.8) is 0 Å². The van der Waals surface area contributed by atoms with Gasteiger partial charge >= 0.3 is 0 Å². The molecule has 0 atom stereocenters. The minimum atomic E-state index is -0.178. The molecular weight excluding hydrogens is 456 g/mol. The van der Waals surface area contributed by atoms with Crippen LogP contribution in [0.25, 0.3) is 6.08 Å². The fraction of sp³-hybridized carbons (Fsp3) is 0.238. The van der Waals surface area contributed by atoms with Crippen LogP contribution in [0.4, 0.5) is 5.69 Å². The van der Waals surface area contributed by atoms with E-state index < -0.39 is 0 Å². The number of hydrogen-bond acceptors (Lipinski definition) is 6. The van der Waals surface area contributed by atoms with Crippen LogP contribution < -0.4 is 4.74 Å². The summed E-state index contributed by atoms with van der Waals surface area (Å²) in [6.45, 7) is 3.30. The number of phenols is 1. The van der Waals surface area contributed by atoms with Crippen molar-refractivity contribution in [3.05, 3.63) is 57.4 Å². The average molecular weight is 477 g/mol. The number of carbonyl (C=O) groups excluding carboxylic acids is 1. The molecule has 1 amide bonds. The lowest BCUT2D eigenvalue weighted by molar-refractivity contribution is -0.122. The minimum Gasteiger partial charge on any atom is -0.504 e. The number of phenolic OH excluding ortho intramolecular Hbond substituents is 1. The Kier molecular flexibility index (Phi) is 7.35. The fourth-order valence-electron chi connectivity index (χ4n) is 2.70. The molecule has 1 aliphatic rings. The molecule has 2 aromatic carbocycles. The van der Waals surface area contributed by atoms with Crippen LogP contribution in [-0.2, 0) is 9.53 Å². The number of para-hydroxylation sites is 1. The SMILES string of the molecule is CCOCCN1C(=O)/C(=C/c2cc(Br)cc(OC)c2O)SC1=Nc1ccccc1. The molecular formula is C21H21BrN2O4S. The van der Waals surface area contributed by atoms with Gasteiger partial charge in [0, 0.05) is 16.6 Å². The molecule has 0 radical (unpaired) electrons. The van der Waals surface area contributed by atoms with E-state index in [1.807, 2.05) is 37.3 Å². The van der Waals surface area contributed by atoms with Gasteiger partial charge in [-0.05, 0) is 49.0 Å². The van der Waals surface area contributed by atoms with Crippen LogP contribution in [0.2, 0.25) is 0 Å². The van der Waals surface area contributed by atoms with Crippen molar-refractivity contribution in [2.45, 2.75) is 6.92 Å². The van der Waals surface area contributed by atoms with E-state index in [4.69, 9.17) is 9.47 Å². The molecule has 0 spiro atoms. The van der Waals surface area contributed by atoms with Crippen LogP contribution in [-0.4, -0.2) is 47.9 Å². The molecule has 0 unspecified atom stereocenters. The molecule has 0 saturated carbocycles. The van der Waals surface area contributed by atoms with Gasteiger partial charge in [0.2, 0.25) is 0 Å². The summed E-state index contributed by atoms with van der Waals surface area (Å²) in [6.07, 6.45) is 1.65. The summed E-state index contributed by atoms with van der Waals surface area (Å²) in [4.78, 5) is 19.7. The molecule has 0 aromatic heterocycles. The zero-order valence-corrected chi connectivity index (χ0v) is 18.5. The highest BCUT2D eigenvalue weighted by atomic mass is 79.9. The normalized spacial score (nSPS) is 16.8. The van der Waals surface area contributed by atoms with Crippen LogP contribution in [0.15, 0.2) is 56.8 Å². The van der Waals surface area contributed by atoms with Crippen molar-refractivity contribution in [1.82, 2.24) is 4.90 Å². The summed E-state index contributed by atoms with van der Waals surface area (Å²) in [6, 6.07) is 12.9. The predicted molar refractivity (Wildman–Crippen MR) is 120 cm³/mol. The first-order chi connectivity index (χ1) is 14.0. The maximum Gasteiger partial charge on any atom is 0.266 e. The monoisotopic (exact) mass is 476 g/mol. The third-order valence-electron chi connectivity index (χ3n) is 4.11. The largest absolute Gasteiger partial charge is 0.504 e. The third kappa shape index (κ3) is 5.20. The van der Waals surface area contributed by atoms with Crippen LogP contribution in [0.3, 0.4) is 0 Å². The molecule has 3 rings (SSSR count). The number of nitrogens with zero attached hydrogens (tertiary/aromatic N) is 2. The highest BCUT2D eigenvalue weighted by molar-refractivity contribution is 9.10. The molecule has 1 heterocycles. The van der Waals surface area contributed by atoms with Gasteiger partial charge in [-0.1, -0.05) is 34.1 Å². The number of carbonyl (C=O) groups is 1. The van der Waals surface area contributed by atoms with E-state index >= 15 is 0 Å². The minimum absolute atomic E-state index is 0.0223. The molecule has 152 valence electrons. The second-order valence-electron chi connectivity index (χ2n) is 6.04. The summed E-state index contributed by atoms with van der Waals surface area (Å²) in [5.74, 6) is 0.127. The van der Waals surface area contributed by atoms with Crippen molar-refractivity contribution < 1.29 is 19.4 Å². The number of benzene rings is 2. The van der Waals surface area contributed by atoms with E-state index in [0.717, 1.165) is 10.2 Å². The first kappa shape index (κ1) is 21.4. The number of rotatable bonds is 7. The van der Waals surface area contributed by atoms with Crippen molar-refractivity contribution in [2.24, 2.45) is 4.99 Å². The zero-order valence-electron chi connectivity index (χ0n) is 16.1. The molecule has 29 heavy (non-hydrogen) atoms. The maximum atomic E-state index is 13.0. The van der Waals surface area contributed by atoms with Crippen LogP contribution in [0.1, 0.15) is 12.5 Å². The van der Waals surface area contributed by atoms with Gasteiger partial charge in [-0.2, -0.15) is 0 Å². The maximum absolute atomic E-state index is 13.0. The van der Waals surface area contributed by atoms with E-state index in [0.29, 0.717) is 41.1 Å². The number of amides is 1. The number of halogens is 1. The topological polar surface area (TPSA) is 71.4 Å². The Morgan fingerprint density at radius 2 is 2.03 bits per heavy atom. The first-order valence-electron chi connectivity index (χ1n) is 9.03. The Morgan fingerprint density at radius 1 is 1.28 bits per heavy atom. The predicted octanol–water partition coefficient (Wildman–Crippen LogP) is 4.80. The van der Waals surface area contributed by atoms with Gasteiger partial charge < -0.3 is 14.6 Å². The van der Waals surface area contributed by atoms with E-state index in [1.54, 1.807) is 23.1 Å². The summed E-state index contributed by atoms with van der Waals surface area (Å²) in [5, 5.41) is 11.0. The number of ether oxygens (including phenoxy) is 2. The highest BCUT2D eigenvalue weighted by Gasteiger charge is 2.33. The number of aromatic hydroxyl groups is 1. The second kappa shape index (κ2) is 9.96. The average Bonchev–Trinajstić information content (AvgIpc) is 3.00. The smallest absolute Gasteiger partial charge is 0.266 e. The van der Waals surface area contributed by atoms with Crippen molar-refractivity contribution >= 4 is 50.5 Å². The molecule has 0 aliphatic carbocycles. The van der Waals surface area contributed by atoms with E-state index in [1.165, 1.54) is 18.9 Å². The van der Waals surface area contributed by atoms with Crippen molar-refractivity contribution in [2.75, 3.05) is 26.9 Å². The number of thioether (sulfide) groups is 1. The third-order valence-corrected chi connectivity index (χ3v) is 5.57. The van der Waals surface area contributed by atoms with Crippen LogP contribution in [0.5, 0.6) is 11.5 Å². The Balaban J connectivity index is 1.96. The van der Waals surface area contributed by atoms with Gasteiger partial charge in [-0.3, -0.25) is 9.69 Å². The number of aliphatic imine (C=N–C) groups is 1. The van der Waals surface area contributed by atoms with E-state index in [2.05, 4.69) is 20.9 Å². The molecule has 6 nitrogen and oxygen atoms in total. The molecule has 8 heteroatoms. The zero-order chi connectivity index (χ0) is 20.8. The summed E-state index contributed by atoms with van der Waals surface area (Å²) in [5.41, 5.74) is 1.25. The lowest BCUT2D eigenvalue weighted by Gasteiger charge is -2.15. The van der Waals surface area contributed by atoms with Crippen molar-refractivity contribution in [1.29, 1.82) is 0 Å². The molecule has 0 bridgehead atoms. The van der Waals surface area contributed by atoms with Gasteiger partial charge in [0.25, 0.3) is 5.91 Å². The quantitative estimate of drug-likeness (QED) is 0.458. The molecule has 1 fully saturated rings. The molecule has 1 N–H and O–H groups in total. The van der Waals surface area contributed by atoms with Crippen molar-refractivity contribution in [3.8, 4) is 11.5 Å². The molecule has 1 aliphatic heterocycles. The Labute approximate surface area is 182 Å². The highest BCUT2D eigenvalue weighted by Crippen LogP contribution is 2.39. The van der Waals surface area contributed by atoms with Gasteiger partial charge in [-0.15, -0.1) is 0 Å². The number of amidine groups is 1.